The first-order valence-electron chi connectivity index (χ1n) is 5.81. The molecule has 0 aliphatic carbocycles. The van der Waals surface area contributed by atoms with Crippen molar-refractivity contribution in [2.75, 3.05) is 13.2 Å². The molecule has 6 nitrogen and oxygen atoms in total. The summed E-state index contributed by atoms with van der Waals surface area (Å²) in [5, 5.41) is 0. The number of amides is 1. The van der Waals surface area contributed by atoms with Gasteiger partial charge in [-0.1, -0.05) is 6.08 Å². The van der Waals surface area contributed by atoms with Crippen LogP contribution in [0.4, 0.5) is 0 Å². The van der Waals surface area contributed by atoms with Crippen molar-refractivity contribution in [3.63, 3.8) is 0 Å². The Hall–Kier alpha value is -1.85. The van der Waals surface area contributed by atoms with Crippen LogP contribution in [-0.2, 0) is 23.9 Å². The quantitative estimate of drug-likeness (QED) is 0.544. The number of hydrogen-bond donors (Lipinski definition) is 0. The number of esters is 2. The van der Waals surface area contributed by atoms with Gasteiger partial charge in [0, 0.05) is 19.5 Å². The van der Waals surface area contributed by atoms with E-state index in [4.69, 9.17) is 9.47 Å². The summed E-state index contributed by atoms with van der Waals surface area (Å²) in [4.78, 5) is 36.7. The van der Waals surface area contributed by atoms with E-state index in [2.05, 4.69) is 0 Å². The number of ether oxygens (including phenoxy) is 2. The first-order valence-corrected chi connectivity index (χ1v) is 5.81. The number of carbonyl (C=O) groups excluding carboxylic acids is 3. The summed E-state index contributed by atoms with van der Waals surface area (Å²) >= 11 is 0. The first kappa shape index (κ1) is 14.2. The molecule has 0 aromatic carbocycles. The molecular weight excluding hydrogens is 238 g/mol. The molecule has 0 radical (unpaired) electrons. The predicted octanol–water partition coefficient (Wildman–Crippen LogP) is 0.617. The SMILES string of the molecule is CCOC(=O)C1(C(=O)OCC)CC=CN1C(C)=O. The molecule has 0 aromatic rings. The molecule has 1 heterocycles. The lowest BCUT2D eigenvalue weighted by Crippen LogP contribution is -2.58. The van der Waals surface area contributed by atoms with Gasteiger partial charge in [0.15, 0.2) is 0 Å². The van der Waals surface area contributed by atoms with E-state index in [0.717, 1.165) is 4.90 Å². The van der Waals surface area contributed by atoms with Crippen molar-refractivity contribution in [3.05, 3.63) is 12.3 Å². The Morgan fingerprint density at radius 2 is 1.67 bits per heavy atom. The number of nitrogens with zero attached hydrogens (tertiary/aromatic N) is 1. The van der Waals surface area contributed by atoms with Crippen molar-refractivity contribution in [1.82, 2.24) is 4.90 Å². The molecule has 100 valence electrons. The highest BCUT2D eigenvalue weighted by atomic mass is 16.6. The van der Waals surface area contributed by atoms with Crippen LogP contribution in [0.2, 0.25) is 0 Å². The molecule has 0 saturated carbocycles. The Labute approximate surface area is 106 Å². The van der Waals surface area contributed by atoms with Crippen LogP contribution < -0.4 is 0 Å². The fourth-order valence-electron chi connectivity index (χ4n) is 1.88. The van der Waals surface area contributed by atoms with Crippen LogP contribution in [0.25, 0.3) is 0 Å². The molecule has 0 spiro atoms. The van der Waals surface area contributed by atoms with E-state index in [1.807, 2.05) is 0 Å². The molecule has 0 aromatic heterocycles. The van der Waals surface area contributed by atoms with Crippen molar-refractivity contribution in [3.8, 4) is 0 Å². The van der Waals surface area contributed by atoms with Crippen molar-refractivity contribution in [2.45, 2.75) is 32.7 Å². The van der Waals surface area contributed by atoms with Crippen LogP contribution in [0.1, 0.15) is 27.2 Å². The highest BCUT2D eigenvalue weighted by molar-refractivity contribution is 6.08. The molecule has 0 bridgehead atoms. The van der Waals surface area contributed by atoms with Crippen molar-refractivity contribution < 1.29 is 23.9 Å². The van der Waals surface area contributed by atoms with E-state index >= 15 is 0 Å². The second-order valence-corrected chi connectivity index (χ2v) is 3.78. The van der Waals surface area contributed by atoms with Gasteiger partial charge in [0.05, 0.1) is 13.2 Å². The minimum atomic E-state index is -1.70. The second-order valence-electron chi connectivity index (χ2n) is 3.78. The third kappa shape index (κ3) is 2.23. The van der Waals surface area contributed by atoms with Gasteiger partial charge in [0.25, 0.3) is 0 Å². The van der Waals surface area contributed by atoms with Crippen molar-refractivity contribution >= 4 is 17.8 Å². The van der Waals surface area contributed by atoms with Gasteiger partial charge in [-0.3, -0.25) is 9.69 Å². The zero-order valence-corrected chi connectivity index (χ0v) is 10.8. The van der Waals surface area contributed by atoms with E-state index in [1.165, 1.54) is 13.1 Å². The molecule has 0 unspecified atom stereocenters. The molecule has 0 fully saturated rings. The molecule has 1 rings (SSSR count). The molecule has 1 aliphatic heterocycles. The molecule has 0 atom stereocenters. The molecule has 0 N–H and O–H groups in total. The standard InChI is InChI=1S/C12H17NO5/c1-4-17-10(15)12(11(16)18-5-2)7-6-8-13(12)9(3)14/h6,8H,4-5,7H2,1-3H3. The average molecular weight is 255 g/mol. The van der Waals surface area contributed by atoms with E-state index < -0.39 is 23.4 Å². The van der Waals surface area contributed by atoms with Crippen LogP contribution >= 0.6 is 0 Å². The molecule has 1 aliphatic rings. The van der Waals surface area contributed by atoms with Crippen LogP contribution in [-0.4, -0.2) is 41.5 Å². The van der Waals surface area contributed by atoms with E-state index in [1.54, 1.807) is 19.9 Å². The third-order valence-corrected chi connectivity index (χ3v) is 2.64. The zero-order chi connectivity index (χ0) is 13.8. The Bertz CT molecular complexity index is 370. The van der Waals surface area contributed by atoms with Gasteiger partial charge in [-0.05, 0) is 13.8 Å². The first-order chi connectivity index (χ1) is 8.50. The van der Waals surface area contributed by atoms with E-state index in [-0.39, 0.29) is 19.6 Å². The lowest BCUT2D eigenvalue weighted by molar-refractivity contribution is -0.174. The van der Waals surface area contributed by atoms with Crippen molar-refractivity contribution in [1.29, 1.82) is 0 Å². The van der Waals surface area contributed by atoms with Crippen molar-refractivity contribution in [2.24, 2.45) is 0 Å². The maximum atomic E-state index is 12.0. The van der Waals surface area contributed by atoms with Gasteiger partial charge in [-0.15, -0.1) is 0 Å². The summed E-state index contributed by atoms with van der Waals surface area (Å²) in [5.74, 6) is -1.93. The Balaban J connectivity index is 3.13. The zero-order valence-electron chi connectivity index (χ0n) is 10.8. The normalized spacial score (nSPS) is 16.5. The van der Waals surface area contributed by atoms with Gasteiger partial charge in [0.1, 0.15) is 0 Å². The van der Waals surface area contributed by atoms with Gasteiger partial charge in [-0.2, -0.15) is 0 Å². The third-order valence-electron chi connectivity index (χ3n) is 2.64. The lowest BCUT2D eigenvalue weighted by Gasteiger charge is -2.32. The molecule has 6 heteroatoms. The molecule has 1 amide bonds. The van der Waals surface area contributed by atoms with Crippen LogP contribution in [0.5, 0.6) is 0 Å². The summed E-state index contributed by atoms with van der Waals surface area (Å²) in [6, 6.07) is 0. The van der Waals surface area contributed by atoms with Gasteiger partial charge in [0.2, 0.25) is 11.4 Å². The summed E-state index contributed by atoms with van der Waals surface area (Å²) in [6.45, 7) is 4.81. The molecule has 18 heavy (non-hydrogen) atoms. The minimum Gasteiger partial charge on any atom is -0.464 e. The largest absolute Gasteiger partial charge is 0.464 e. The fraction of sp³-hybridized carbons (Fsp3) is 0.583. The smallest absolute Gasteiger partial charge is 0.344 e. The van der Waals surface area contributed by atoms with Gasteiger partial charge < -0.3 is 9.47 Å². The summed E-state index contributed by atoms with van der Waals surface area (Å²) in [5.41, 5.74) is -1.70. The van der Waals surface area contributed by atoms with Gasteiger partial charge in [-0.25, -0.2) is 9.59 Å². The number of rotatable bonds is 4. The number of carbonyl (C=O) groups is 3. The van der Waals surface area contributed by atoms with E-state index in [9.17, 15) is 14.4 Å². The monoisotopic (exact) mass is 255 g/mol. The summed E-state index contributed by atoms with van der Waals surface area (Å²) in [6.07, 6.45) is 3.07. The highest BCUT2D eigenvalue weighted by Gasteiger charge is 2.56. The minimum absolute atomic E-state index is 0.0737. The summed E-state index contributed by atoms with van der Waals surface area (Å²) < 4.78 is 9.81. The Morgan fingerprint density at radius 3 is 2.06 bits per heavy atom. The lowest BCUT2D eigenvalue weighted by atomic mass is 9.96. The average Bonchev–Trinajstić information content (AvgIpc) is 2.75. The van der Waals surface area contributed by atoms with Crippen LogP contribution in [0, 0.1) is 0 Å². The highest BCUT2D eigenvalue weighted by Crippen LogP contribution is 2.30. The second kappa shape index (κ2) is 5.66. The van der Waals surface area contributed by atoms with E-state index in [0.29, 0.717) is 0 Å². The van der Waals surface area contributed by atoms with Crippen LogP contribution in [0.3, 0.4) is 0 Å². The van der Waals surface area contributed by atoms with Crippen LogP contribution in [0.15, 0.2) is 12.3 Å². The maximum Gasteiger partial charge on any atom is 0.344 e. The maximum absolute atomic E-state index is 12.0. The molecule has 0 saturated heterocycles. The number of hydrogen-bond acceptors (Lipinski definition) is 5. The summed E-state index contributed by atoms with van der Waals surface area (Å²) in [7, 11) is 0. The fourth-order valence-corrected chi connectivity index (χ4v) is 1.88. The Morgan fingerprint density at radius 1 is 1.17 bits per heavy atom. The predicted molar refractivity (Wildman–Crippen MR) is 62.3 cm³/mol. The Kier molecular flexibility index (Phi) is 4.47. The topological polar surface area (TPSA) is 72.9 Å². The molecular formula is C12H17NO5. The van der Waals surface area contributed by atoms with Gasteiger partial charge >= 0.3 is 11.9 Å².